The Hall–Kier alpha value is -4.36. The molecule has 16 heteroatoms. The van der Waals surface area contributed by atoms with Gasteiger partial charge in [-0.15, -0.1) is 0 Å². The molecule has 2 fully saturated rings. The van der Waals surface area contributed by atoms with Crippen molar-refractivity contribution in [1.82, 2.24) is 5.32 Å². The smallest absolute Gasteiger partial charge is 0.222 e. The fraction of sp³-hybridized carbons (Fsp3) is 0.535. The molecule has 314 valence electrons. The highest BCUT2D eigenvalue weighted by Gasteiger charge is 2.55. The lowest BCUT2D eigenvalue weighted by atomic mass is 9.68. The number of carbonyl (C=O) groups is 1. The molecule has 8 N–H and O–H groups in total. The van der Waals surface area contributed by atoms with Gasteiger partial charge in [-0.25, -0.2) is 9.78 Å². The molecule has 59 heavy (non-hydrogen) atoms. The quantitative estimate of drug-likeness (QED) is 0.0919. The summed E-state index contributed by atoms with van der Waals surface area (Å²) < 4.78 is 13.8. The van der Waals surface area contributed by atoms with Crippen LogP contribution in [0.25, 0.3) is 11.0 Å². The summed E-state index contributed by atoms with van der Waals surface area (Å²) in [6.45, 7) is 3.26. The SMILES string of the molecule is CCC1=C2C=CN=C2C[NH+]1c1c2c(cc3c(=O)cc(C)oc13)CC(OOCC(O)C(O)(C[NH+]1C=CC3=NC=CC31)C(O)C(O)CO)C1(CCCC(C3CNC(=O)C3)C1)O2. The number of quaternary nitrogens is 2. The summed E-state index contributed by atoms with van der Waals surface area (Å²) >= 11 is 0. The molecule has 9 rings (SSSR count). The van der Waals surface area contributed by atoms with Crippen molar-refractivity contribution in [2.75, 3.05) is 32.8 Å². The first-order chi connectivity index (χ1) is 28.4. The summed E-state index contributed by atoms with van der Waals surface area (Å²) in [5.74, 6) is 1.33. The van der Waals surface area contributed by atoms with E-state index < -0.39 is 48.8 Å². The lowest BCUT2D eigenvalue weighted by molar-refractivity contribution is -0.861. The minimum Gasteiger partial charge on any atom is -0.478 e. The van der Waals surface area contributed by atoms with Crippen molar-refractivity contribution < 1.29 is 59.1 Å². The summed E-state index contributed by atoms with van der Waals surface area (Å²) in [7, 11) is 0. The van der Waals surface area contributed by atoms with Crippen LogP contribution in [0.5, 0.6) is 5.75 Å². The number of aryl methyl sites for hydroxylation is 1. The van der Waals surface area contributed by atoms with Crippen molar-refractivity contribution in [1.29, 1.82) is 0 Å². The Kier molecular flexibility index (Phi) is 10.6. The zero-order valence-electron chi connectivity index (χ0n) is 33.2. The van der Waals surface area contributed by atoms with Gasteiger partial charge in [0.2, 0.25) is 17.2 Å². The highest BCUT2D eigenvalue weighted by Crippen LogP contribution is 2.50. The molecule has 11 atom stereocenters. The second-order valence-electron chi connectivity index (χ2n) is 17.2. The minimum absolute atomic E-state index is 0.0220. The van der Waals surface area contributed by atoms with Crippen LogP contribution in [0.2, 0.25) is 0 Å². The molecule has 7 aliphatic rings. The third-order valence-electron chi connectivity index (χ3n) is 13.6. The average Bonchev–Trinajstić information content (AvgIpc) is 4.07. The maximum atomic E-state index is 13.7. The first-order valence-corrected chi connectivity index (χ1v) is 20.8. The Labute approximate surface area is 340 Å². The van der Waals surface area contributed by atoms with Gasteiger partial charge in [0.05, 0.1) is 23.8 Å². The van der Waals surface area contributed by atoms with Crippen LogP contribution >= 0.6 is 0 Å². The molecule has 1 aromatic carbocycles. The predicted octanol–water partition coefficient (Wildman–Crippen LogP) is -0.864. The largest absolute Gasteiger partial charge is 0.478 e. The Balaban J connectivity index is 1.06. The summed E-state index contributed by atoms with van der Waals surface area (Å²) in [6.07, 6.45) is 8.82. The van der Waals surface area contributed by atoms with Gasteiger partial charge in [0.1, 0.15) is 72.6 Å². The number of allylic oxidation sites excluding steroid dienone is 2. The molecular weight excluding hydrogens is 762 g/mol. The number of hydrogen-bond donors (Lipinski definition) is 8. The van der Waals surface area contributed by atoms with E-state index in [1.54, 1.807) is 31.5 Å². The number of aliphatic hydroxyl groups is 5. The number of rotatable bonds is 13. The molecule has 7 heterocycles. The van der Waals surface area contributed by atoms with Crippen LogP contribution in [-0.4, -0.2) is 117 Å². The van der Waals surface area contributed by atoms with E-state index in [0.717, 1.165) is 58.1 Å². The highest BCUT2D eigenvalue weighted by molar-refractivity contribution is 6.08. The van der Waals surface area contributed by atoms with Gasteiger partial charge < -0.3 is 40.0 Å². The van der Waals surface area contributed by atoms with Crippen LogP contribution in [0.1, 0.15) is 56.8 Å². The predicted molar refractivity (Wildman–Crippen MR) is 213 cm³/mol. The summed E-state index contributed by atoms with van der Waals surface area (Å²) in [5, 5.41) is 58.3. The molecule has 1 aromatic heterocycles. The molecule has 1 saturated carbocycles. The molecule has 16 nitrogen and oxygen atoms in total. The standard InChI is InChI=1S/C43H51N5O11/c1-3-31-27-6-10-45-30(27)19-48(31)38-39-25(14-28-33(50)13-23(2)57-40(28)38)15-36(42(58-39)9-4-5-24(17-42)26-16-37(53)46-18-26)59-56-21-35(52)43(55,41(54)34(51)20-49)22-47-12-8-29-32(47)7-11-44-29/h6-8,10-14,24,26,32,34-36,41,49,51-52,54-55H,3-5,9,15-22H2,1-2H3,(H,46,53)/p+2. The Morgan fingerprint density at radius 3 is 2.75 bits per heavy atom. The molecule has 1 saturated heterocycles. The van der Waals surface area contributed by atoms with E-state index in [0.29, 0.717) is 59.7 Å². The number of amides is 1. The number of nitrogens with one attached hydrogen (secondary N) is 3. The number of aliphatic hydroxyl groups excluding tert-OH is 4. The van der Waals surface area contributed by atoms with Gasteiger partial charge >= 0.3 is 0 Å². The number of hydrogen-bond acceptors (Lipinski definition) is 13. The van der Waals surface area contributed by atoms with Crippen LogP contribution in [-0.2, 0) is 21.0 Å². The molecule has 1 amide bonds. The van der Waals surface area contributed by atoms with Crippen molar-refractivity contribution in [2.45, 2.75) is 100 Å². The number of aliphatic imine (C=N–C) groups is 2. The highest BCUT2D eigenvalue weighted by atomic mass is 17.2. The van der Waals surface area contributed by atoms with Gasteiger partial charge in [0.15, 0.2) is 22.8 Å². The molecule has 6 aliphatic heterocycles. The minimum atomic E-state index is -2.36. The summed E-state index contributed by atoms with van der Waals surface area (Å²) in [4.78, 5) is 48.9. The number of nitrogens with zero attached hydrogens (tertiary/aromatic N) is 2. The summed E-state index contributed by atoms with van der Waals surface area (Å²) in [5.41, 5.74) is 2.29. The van der Waals surface area contributed by atoms with Crippen molar-refractivity contribution in [3.05, 3.63) is 81.8 Å². The lowest BCUT2D eigenvalue weighted by Gasteiger charge is -2.49. The van der Waals surface area contributed by atoms with Gasteiger partial charge in [-0.2, -0.15) is 0 Å². The fourth-order valence-corrected chi connectivity index (χ4v) is 10.5. The van der Waals surface area contributed by atoms with E-state index in [9.17, 15) is 35.1 Å². The third kappa shape index (κ3) is 6.93. The average molecular weight is 816 g/mol. The Morgan fingerprint density at radius 2 is 1.97 bits per heavy atom. The topological polar surface area (TPSA) is 222 Å². The van der Waals surface area contributed by atoms with E-state index in [2.05, 4.69) is 22.2 Å². The van der Waals surface area contributed by atoms with E-state index in [-0.39, 0.29) is 42.2 Å². The van der Waals surface area contributed by atoms with Crippen molar-refractivity contribution in [3.8, 4) is 5.75 Å². The van der Waals surface area contributed by atoms with Crippen LogP contribution in [0.4, 0.5) is 5.69 Å². The van der Waals surface area contributed by atoms with Gasteiger partial charge in [-0.3, -0.25) is 29.4 Å². The molecule has 11 unspecified atom stereocenters. The van der Waals surface area contributed by atoms with Crippen LogP contribution in [0.3, 0.4) is 0 Å². The molecule has 2 aromatic rings. The molecule has 1 spiro atoms. The number of fused-ring (bicyclic) bond motifs is 4. The molecule has 1 aliphatic carbocycles. The Morgan fingerprint density at radius 1 is 1.12 bits per heavy atom. The van der Waals surface area contributed by atoms with Crippen LogP contribution in [0.15, 0.2) is 79.4 Å². The van der Waals surface area contributed by atoms with E-state index in [1.165, 1.54) is 6.07 Å². The Bertz CT molecular complexity index is 2280. The normalized spacial score (nSPS) is 31.8. The lowest BCUT2D eigenvalue weighted by Crippen LogP contribution is -3.13. The van der Waals surface area contributed by atoms with E-state index >= 15 is 0 Å². The van der Waals surface area contributed by atoms with E-state index in [4.69, 9.17) is 18.9 Å². The first-order valence-electron chi connectivity index (χ1n) is 20.8. The second kappa shape index (κ2) is 15.6. The molecule has 0 bridgehead atoms. The van der Waals surface area contributed by atoms with Crippen molar-refractivity contribution in [2.24, 2.45) is 21.8 Å². The van der Waals surface area contributed by atoms with Gasteiger partial charge in [-0.1, -0.05) is 6.92 Å². The number of benzene rings is 1. The zero-order chi connectivity index (χ0) is 41.2. The zero-order valence-corrected chi connectivity index (χ0v) is 33.2. The number of carbonyl (C=O) groups excluding carboxylic acids is 1. The molecule has 0 radical (unpaired) electrons. The first kappa shape index (κ1) is 40.1. The van der Waals surface area contributed by atoms with Gasteiger partial charge in [-0.05, 0) is 62.7 Å². The van der Waals surface area contributed by atoms with Crippen LogP contribution < -0.4 is 25.3 Å². The molecular formula is C43H53N5O11+2. The third-order valence-corrected chi connectivity index (χ3v) is 13.6. The van der Waals surface area contributed by atoms with Crippen molar-refractivity contribution in [3.63, 3.8) is 0 Å². The van der Waals surface area contributed by atoms with Crippen LogP contribution in [0, 0.1) is 18.8 Å². The number of ether oxygens (including phenoxy) is 1. The van der Waals surface area contributed by atoms with Gasteiger partial charge in [0, 0.05) is 55.9 Å². The summed E-state index contributed by atoms with van der Waals surface area (Å²) in [6, 6.07) is 3.03. The van der Waals surface area contributed by atoms with E-state index in [1.807, 2.05) is 18.4 Å². The van der Waals surface area contributed by atoms with Gasteiger partial charge in [0.25, 0.3) is 0 Å². The second-order valence-corrected chi connectivity index (χ2v) is 17.2. The fourth-order valence-electron chi connectivity index (χ4n) is 10.5. The maximum Gasteiger partial charge on any atom is 0.222 e. The van der Waals surface area contributed by atoms with Crippen molar-refractivity contribution >= 4 is 34.0 Å². The monoisotopic (exact) mass is 815 g/mol. The maximum absolute atomic E-state index is 13.7.